The lowest BCUT2D eigenvalue weighted by atomic mass is 10.0. The Hall–Kier alpha value is -1.79. The number of hydrogen-bond acceptors (Lipinski definition) is 3. The van der Waals surface area contributed by atoms with Crippen LogP contribution in [-0.2, 0) is 13.9 Å². The van der Waals surface area contributed by atoms with Crippen LogP contribution in [0.25, 0.3) is 0 Å². The summed E-state index contributed by atoms with van der Waals surface area (Å²) < 4.78 is 36.2. The fraction of sp³-hybridized carbons (Fsp3) is 0.548. The second-order valence-electron chi connectivity index (χ2n) is 12.9. The Morgan fingerprint density at radius 1 is 0.778 bits per heavy atom. The number of halogens is 1. The van der Waals surface area contributed by atoms with E-state index in [1.54, 1.807) is 0 Å². The number of ether oxygens (including phenoxy) is 2. The Labute approximate surface area is 219 Å². The molecule has 5 heteroatoms. The molecule has 1 aliphatic carbocycles. The summed E-state index contributed by atoms with van der Waals surface area (Å²) >= 11 is 0. The second kappa shape index (κ2) is 10.5. The van der Waals surface area contributed by atoms with Crippen molar-refractivity contribution in [2.45, 2.75) is 96.9 Å². The van der Waals surface area contributed by atoms with Gasteiger partial charge in [-0.05, 0) is 62.5 Å². The predicted molar refractivity (Wildman–Crippen MR) is 150 cm³/mol. The molecule has 3 rings (SSSR count). The first-order chi connectivity index (χ1) is 16.6. The van der Waals surface area contributed by atoms with Gasteiger partial charge >= 0.3 is 0 Å². The van der Waals surface area contributed by atoms with E-state index in [-0.39, 0.29) is 16.6 Å². The third-order valence-corrected chi connectivity index (χ3v) is 11.8. The Balaban J connectivity index is 2.12. The molecule has 4 atom stereocenters. The lowest BCUT2D eigenvalue weighted by Crippen LogP contribution is -2.68. The molecule has 1 fully saturated rings. The van der Waals surface area contributed by atoms with Gasteiger partial charge in [0.1, 0.15) is 12.2 Å². The molecule has 0 saturated heterocycles. The first kappa shape index (κ1) is 28.8. The van der Waals surface area contributed by atoms with E-state index in [0.717, 1.165) is 10.4 Å². The van der Waals surface area contributed by atoms with Gasteiger partial charge in [0.15, 0.2) is 6.17 Å². The summed E-state index contributed by atoms with van der Waals surface area (Å²) in [5.41, 5.74) is -0.148. The maximum absolute atomic E-state index is 16.5. The molecule has 0 aromatic heterocycles. The van der Waals surface area contributed by atoms with Crippen molar-refractivity contribution in [1.82, 2.24) is 0 Å². The van der Waals surface area contributed by atoms with E-state index >= 15 is 4.39 Å². The van der Waals surface area contributed by atoms with Gasteiger partial charge in [0.25, 0.3) is 8.32 Å². The van der Waals surface area contributed by atoms with Crippen molar-refractivity contribution in [3.63, 3.8) is 0 Å². The zero-order valence-corrected chi connectivity index (χ0v) is 24.6. The molecule has 1 unspecified atom stereocenters. The molecule has 0 heterocycles. The van der Waals surface area contributed by atoms with Crippen molar-refractivity contribution in [3.8, 4) is 0 Å². The second-order valence-corrected chi connectivity index (χ2v) is 17.2. The van der Waals surface area contributed by atoms with E-state index < -0.39 is 32.3 Å². The minimum atomic E-state index is -2.97. The van der Waals surface area contributed by atoms with Crippen LogP contribution in [0, 0.1) is 5.92 Å². The minimum absolute atomic E-state index is 0.268. The summed E-state index contributed by atoms with van der Waals surface area (Å²) in [5, 5.41) is 1.97. The van der Waals surface area contributed by atoms with Crippen molar-refractivity contribution < 1.29 is 18.3 Å². The van der Waals surface area contributed by atoms with Gasteiger partial charge in [0.05, 0.1) is 17.8 Å². The molecule has 0 radical (unpaired) electrons. The number of benzene rings is 2. The molecule has 0 aliphatic heterocycles. The molecular weight excluding hydrogens is 467 g/mol. The maximum atomic E-state index is 16.5. The molecule has 3 nitrogen and oxygen atoms in total. The molecule has 0 spiro atoms. The highest BCUT2D eigenvalue weighted by atomic mass is 28.4. The van der Waals surface area contributed by atoms with E-state index in [2.05, 4.69) is 51.6 Å². The van der Waals surface area contributed by atoms with Crippen LogP contribution in [0.1, 0.15) is 62.3 Å². The highest BCUT2D eigenvalue weighted by Gasteiger charge is 2.57. The predicted octanol–water partition coefficient (Wildman–Crippen LogP) is 6.45. The van der Waals surface area contributed by atoms with Gasteiger partial charge in [-0.3, -0.25) is 0 Å². The number of hydrogen-bond donors (Lipinski definition) is 0. The quantitative estimate of drug-likeness (QED) is 0.315. The maximum Gasteiger partial charge on any atom is 0.262 e. The number of alkyl halides is 1. The summed E-state index contributed by atoms with van der Waals surface area (Å²) in [7, 11) is -2.97. The van der Waals surface area contributed by atoms with Gasteiger partial charge in [0, 0.05) is 5.92 Å². The van der Waals surface area contributed by atoms with Crippen LogP contribution in [0.2, 0.25) is 5.04 Å². The fourth-order valence-corrected chi connectivity index (χ4v) is 9.82. The summed E-state index contributed by atoms with van der Waals surface area (Å²) in [6.07, 6.45) is -2.84. The van der Waals surface area contributed by atoms with Crippen LogP contribution in [0.15, 0.2) is 72.8 Å². The largest absolute Gasteiger partial charge is 0.398 e. The van der Waals surface area contributed by atoms with Crippen LogP contribution in [0.4, 0.5) is 4.39 Å². The molecule has 2 aromatic rings. The van der Waals surface area contributed by atoms with Crippen molar-refractivity contribution >= 4 is 18.7 Å². The molecule has 1 aliphatic rings. The highest BCUT2D eigenvalue weighted by molar-refractivity contribution is 6.99. The van der Waals surface area contributed by atoms with Gasteiger partial charge in [-0.2, -0.15) is 0 Å². The average molecular weight is 513 g/mol. The van der Waals surface area contributed by atoms with Crippen molar-refractivity contribution in [3.05, 3.63) is 72.8 Å². The van der Waals surface area contributed by atoms with Crippen LogP contribution >= 0.6 is 0 Å². The van der Waals surface area contributed by atoms with Gasteiger partial charge < -0.3 is 13.9 Å². The van der Waals surface area contributed by atoms with Crippen molar-refractivity contribution in [2.24, 2.45) is 5.92 Å². The first-order valence-corrected chi connectivity index (χ1v) is 14.9. The molecule has 1 saturated carbocycles. The Kier molecular flexibility index (Phi) is 8.41. The van der Waals surface area contributed by atoms with Gasteiger partial charge in [0.2, 0.25) is 0 Å². The van der Waals surface area contributed by atoms with E-state index in [0.29, 0.717) is 12.2 Å². The lowest BCUT2D eigenvalue weighted by Gasteiger charge is -2.45. The Morgan fingerprint density at radius 3 is 1.64 bits per heavy atom. The van der Waals surface area contributed by atoms with Gasteiger partial charge in [-0.1, -0.05) is 88.0 Å². The molecule has 0 bridgehead atoms. The average Bonchev–Trinajstić information content (AvgIpc) is 2.98. The smallest absolute Gasteiger partial charge is 0.262 e. The molecule has 2 aromatic carbocycles. The monoisotopic (exact) mass is 512 g/mol. The molecule has 36 heavy (non-hydrogen) atoms. The Bertz CT molecular complexity index is 963. The van der Waals surface area contributed by atoms with Crippen LogP contribution < -0.4 is 10.4 Å². The van der Waals surface area contributed by atoms with Crippen molar-refractivity contribution in [1.29, 1.82) is 0 Å². The van der Waals surface area contributed by atoms with Gasteiger partial charge in [-0.15, -0.1) is 0 Å². The standard InChI is InChI=1S/C31H45FO3Si/c1-22-25(21-33-29(2,3)4)28(34-30(5,6)7)26(32)27(22)35-36(31(8,9)10,23-17-13-11-14-18-23)24-19-15-12-16-20-24/h11-20,25-28H,1,21H2,2-10H3/t25-,26?,27-,28+/m0/s1. The normalized spacial score (nSPS) is 23.8. The van der Waals surface area contributed by atoms with E-state index in [4.69, 9.17) is 13.9 Å². The Morgan fingerprint density at radius 2 is 1.25 bits per heavy atom. The lowest BCUT2D eigenvalue weighted by molar-refractivity contribution is -0.121. The van der Waals surface area contributed by atoms with Crippen LogP contribution in [-0.4, -0.2) is 44.5 Å². The molecule has 0 amide bonds. The van der Waals surface area contributed by atoms with Crippen molar-refractivity contribution in [2.75, 3.05) is 6.61 Å². The zero-order valence-electron chi connectivity index (χ0n) is 23.6. The van der Waals surface area contributed by atoms with Crippen LogP contribution in [0.5, 0.6) is 0 Å². The van der Waals surface area contributed by atoms with E-state index in [1.165, 1.54) is 0 Å². The summed E-state index contributed by atoms with van der Waals surface area (Å²) in [6, 6.07) is 20.7. The minimum Gasteiger partial charge on any atom is -0.398 e. The third-order valence-electron chi connectivity index (χ3n) is 6.75. The van der Waals surface area contributed by atoms with Crippen LogP contribution in [0.3, 0.4) is 0 Å². The topological polar surface area (TPSA) is 27.7 Å². The SMILES string of the molecule is C=C1[C@H](O[Si](c2ccccc2)(c2ccccc2)C(C)(C)C)C(F)[C@H](OC(C)(C)C)[C@H]1COC(C)(C)C. The summed E-state index contributed by atoms with van der Waals surface area (Å²) in [5.74, 6) is -0.304. The first-order valence-electron chi connectivity index (χ1n) is 13.0. The molecule has 198 valence electrons. The fourth-order valence-electron chi connectivity index (χ4n) is 5.14. The highest BCUT2D eigenvalue weighted by Crippen LogP contribution is 2.45. The third kappa shape index (κ3) is 6.19. The summed E-state index contributed by atoms with van der Waals surface area (Å²) in [6.45, 7) is 23.2. The number of rotatable bonds is 7. The molecule has 0 N–H and O–H groups in total. The summed E-state index contributed by atoms with van der Waals surface area (Å²) in [4.78, 5) is 0. The zero-order chi connectivity index (χ0) is 26.9. The van der Waals surface area contributed by atoms with Gasteiger partial charge in [-0.25, -0.2) is 4.39 Å². The van der Waals surface area contributed by atoms with E-state index in [1.807, 2.05) is 77.9 Å². The molecular formula is C31H45FO3Si. The van der Waals surface area contributed by atoms with E-state index in [9.17, 15) is 0 Å².